The summed E-state index contributed by atoms with van der Waals surface area (Å²) in [5.74, 6) is 1.42. The minimum Gasteiger partial charge on any atom is -0.493 e. The van der Waals surface area contributed by atoms with Crippen molar-refractivity contribution in [3.63, 3.8) is 0 Å². The second-order valence-electron chi connectivity index (χ2n) is 6.60. The summed E-state index contributed by atoms with van der Waals surface area (Å²) in [6.45, 7) is 1.13. The van der Waals surface area contributed by atoms with E-state index in [-0.39, 0.29) is 11.3 Å². The molecule has 6 heteroatoms. The van der Waals surface area contributed by atoms with E-state index in [1.807, 2.05) is 12.1 Å². The van der Waals surface area contributed by atoms with E-state index < -0.39 is 0 Å². The van der Waals surface area contributed by atoms with Crippen LogP contribution in [0.15, 0.2) is 79.1 Å². The van der Waals surface area contributed by atoms with E-state index in [0.29, 0.717) is 35.9 Å². The zero-order chi connectivity index (χ0) is 20.1. The van der Waals surface area contributed by atoms with Gasteiger partial charge in [0.1, 0.15) is 22.7 Å². The molecule has 0 atom stereocenters. The standard InChI is InChI=1S/C23H20O6/c24-22-12-10-16-18(6-4-8-20(16)28-22)26-14-2-1-3-15-27-19-7-5-9-21-17(19)11-13-23(25)29-21/h4-13H,1-3,14-15H2. The van der Waals surface area contributed by atoms with E-state index in [1.54, 1.807) is 36.4 Å². The molecule has 29 heavy (non-hydrogen) atoms. The molecule has 4 aromatic rings. The van der Waals surface area contributed by atoms with E-state index in [0.717, 1.165) is 30.0 Å². The predicted molar refractivity (Wildman–Crippen MR) is 110 cm³/mol. The summed E-state index contributed by atoms with van der Waals surface area (Å²) in [6, 6.07) is 17.1. The highest BCUT2D eigenvalue weighted by Gasteiger charge is 2.05. The molecule has 4 rings (SSSR count). The lowest BCUT2D eigenvalue weighted by molar-refractivity contribution is 0.282. The molecule has 0 amide bonds. The summed E-state index contributed by atoms with van der Waals surface area (Å²) in [4.78, 5) is 22.6. The molecule has 0 aliphatic rings. The fourth-order valence-electron chi connectivity index (χ4n) is 3.14. The fourth-order valence-corrected chi connectivity index (χ4v) is 3.14. The summed E-state index contributed by atoms with van der Waals surface area (Å²) >= 11 is 0. The van der Waals surface area contributed by atoms with Gasteiger partial charge in [-0.25, -0.2) is 9.59 Å². The number of benzene rings is 2. The SMILES string of the molecule is O=c1ccc2c(OCCCCCOc3cccc4oc(=O)ccc34)cccc2o1. The van der Waals surface area contributed by atoms with Crippen LogP contribution in [-0.4, -0.2) is 13.2 Å². The lowest BCUT2D eigenvalue weighted by Crippen LogP contribution is -2.02. The first-order valence-electron chi connectivity index (χ1n) is 9.52. The summed E-state index contributed by atoms with van der Waals surface area (Å²) in [6.07, 6.45) is 2.70. The molecular weight excluding hydrogens is 372 g/mol. The van der Waals surface area contributed by atoms with Crippen molar-refractivity contribution in [3.05, 3.63) is 81.5 Å². The number of ether oxygens (including phenoxy) is 2. The van der Waals surface area contributed by atoms with Gasteiger partial charge in [-0.1, -0.05) is 12.1 Å². The fraction of sp³-hybridized carbons (Fsp3) is 0.217. The lowest BCUT2D eigenvalue weighted by atomic mass is 10.2. The molecule has 0 radical (unpaired) electrons. The van der Waals surface area contributed by atoms with Crippen LogP contribution in [0, 0.1) is 0 Å². The average molecular weight is 392 g/mol. The normalized spacial score (nSPS) is 11.0. The van der Waals surface area contributed by atoms with Crippen molar-refractivity contribution in [1.29, 1.82) is 0 Å². The Morgan fingerprint density at radius 1 is 0.586 bits per heavy atom. The topological polar surface area (TPSA) is 78.9 Å². The summed E-state index contributed by atoms with van der Waals surface area (Å²) in [5, 5.41) is 1.58. The highest BCUT2D eigenvalue weighted by molar-refractivity contribution is 5.83. The Morgan fingerprint density at radius 2 is 1.07 bits per heavy atom. The van der Waals surface area contributed by atoms with Crippen molar-refractivity contribution in [1.82, 2.24) is 0 Å². The van der Waals surface area contributed by atoms with Gasteiger partial charge in [0, 0.05) is 12.1 Å². The van der Waals surface area contributed by atoms with E-state index in [1.165, 1.54) is 12.1 Å². The van der Waals surface area contributed by atoms with Gasteiger partial charge in [0.15, 0.2) is 0 Å². The van der Waals surface area contributed by atoms with Gasteiger partial charge in [-0.2, -0.15) is 0 Å². The van der Waals surface area contributed by atoms with Crippen molar-refractivity contribution in [3.8, 4) is 11.5 Å². The average Bonchev–Trinajstić information content (AvgIpc) is 2.72. The van der Waals surface area contributed by atoms with Crippen molar-refractivity contribution >= 4 is 21.9 Å². The first-order chi connectivity index (χ1) is 14.2. The number of rotatable bonds is 8. The van der Waals surface area contributed by atoms with Crippen LogP contribution in [0.3, 0.4) is 0 Å². The molecule has 0 saturated heterocycles. The van der Waals surface area contributed by atoms with Crippen LogP contribution in [0.5, 0.6) is 11.5 Å². The minimum atomic E-state index is -0.372. The molecule has 148 valence electrons. The van der Waals surface area contributed by atoms with Crippen LogP contribution in [0.1, 0.15) is 19.3 Å². The largest absolute Gasteiger partial charge is 0.493 e. The highest BCUT2D eigenvalue weighted by Crippen LogP contribution is 2.25. The Labute approximate surface area is 166 Å². The molecular formula is C23H20O6. The number of fused-ring (bicyclic) bond motifs is 2. The molecule has 0 unspecified atom stereocenters. The molecule has 2 aromatic heterocycles. The summed E-state index contributed by atoms with van der Waals surface area (Å²) in [7, 11) is 0. The maximum atomic E-state index is 11.3. The van der Waals surface area contributed by atoms with Gasteiger partial charge in [0.05, 0.1) is 24.0 Å². The van der Waals surface area contributed by atoms with E-state index in [4.69, 9.17) is 18.3 Å². The van der Waals surface area contributed by atoms with Crippen molar-refractivity contribution in [2.45, 2.75) is 19.3 Å². The lowest BCUT2D eigenvalue weighted by Gasteiger charge is -2.10. The maximum absolute atomic E-state index is 11.3. The smallest absolute Gasteiger partial charge is 0.336 e. The van der Waals surface area contributed by atoms with Gasteiger partial charge in [-0.05, 0) is 55.7 Å². The molecule has 0 aliphatic heterocycles. The van der Waals surface area contributed by atoms with Gasteiger partial charge < -0.3 is 18.3 Å². The van der Waals surface area contributed by atoms with Gasteiger partial charge in [0.25, 0.3) is 0 Å². The molecule has 0 spiro atoms. The van der Waals surface area contributed by atoms with Gasteiger partial charge in [0.2, 0.25) is 0 Å². The number of hydrogen-bond donors (Lipinski definition) is 0. The van der Waals surface area contributed by atoms with Crippen molar-refractivity contribution in [2.24, 2.45) is 0 Å². The van der Waals surface area contributed by atoms with E-state index >= 15 is 0 Å². The van der Waals surface area contributed by atoms with Crippen molar-refractivity contribution in [2.75, 3.05) is 13.2 Å². The summed E-state index contributed by atoms with van der Waals surface area (Å²) in [5.41, 5.74) is 0.301. The predicted octanol–water partition coefficient (Wildman–Crippen LogP) is 4.53. The second kappa shape index (κ2) is 8.65. The zero-order valence-corrected chi connectivity index (χ0v) is 15.8. The molecule has 0 saturated carbocycles. The number of hydrogen-bond acceptors (Lipinski definition) is 6. The minimum absolute atomic E-state index is 0.372. The van der Waals surface area contributed by atoms with Gasteiger partial charge in [-0.15, -0.1) is 0 Å². The van der Waals surface area contributed by atoms with Crippen LogP contribution in [0.25, 0.3) is 21.9 Å². The Morgan fingerprint density at radius 3 is 1.55 bits per heavy atom. The molecule has 0 bridgehead atoms. The Balaban J connectivity index is 1.24. The second-order valence-corrected chi connectivity index (χ2v) is 6.60. The van der Waals surface area contributed by atoms with Crippen LogP contribution in [-0.2, 0) is 0 Å². The van der Waals surface area contributed by atoms with Gasteiger partial charge >= 0.3 is 11.3 Å². The molecule has 0 fully saturated rings. The molecule has 6 nitrogen and oxygen atoms in total. The quantitative estimate of drug-likeness (QED) is 0.324. The first kappa shape index (κ1) is 18.8. The Hall–Kier alpha value is -3.54. The molecule has 0 aliphatic carbocycles. The van der Waals surface area contributed by atoms with E-state index in [2.05, 4.69) is 0 Å². The molecule has 2 aromatic carbocycles. The Bertz CT molecular complexity index is 1140. The van der Waals surface area contributed by atoms with E-state index in [9.17, 15) is 9.59 Å². The number of unbranched alkanes of at least 4 members (excludes halogenated alkanes) is 2. The van der Waals surface area contributed by atoms with Crippen LogP contribution in [0.2, 0.25) is 0 Å². The third-order valence-electron chi connectivity index (χ3n) is 4.55. The monoisotopic (exact) mass is 392 g/mol. The molecule has 0 N–H and O–H groups in total. The van der Waals surface area contributed by atoms with Crippen molar-refractivity contribution < 1.29 is 18.3 Å². The molecule has 2 heterocycles. The summed E-state index contributed by atoms with van der Waals surface area (Å²) < 4.78 is 22.0. The first-order valence-corrected chi connectivity index (χ1v) is 9.52. The zero-order valence-electron chi connectivity index (χ0n) is 15.8. The van der Waals surface area contributed by atoms with Crippen LogP contribution >= 0.6 is 0 Å². The maximum Gasteiger partial charge on any atom is 0.336 e. The van der Waals surface area contributed by atoms with Crippen LogP contribution in [0.4, 0.5) is 0 Å². The highest BCUT2D eigenvalue weighted by atomic mass is 16.5. The third-order valence-corrected chi connectivity index (χ3v) is 4.55. The Kier molecular flexibility index (Phi) is 5.61. The van der Waals surface area contributed by atoms with Gasteiger partial charge in [-0.3, -0.25) is 0 Å². The van der Waals surface area contributed by atoms with Crippen LogP contribution < -0.4 is 20.7 Å². The third kappa shape index (κ3) is 4.48.